The maximum absolute atomic E-state index is 3.60. The Hall–Kier alpha value is -0.0800. The normalized spacial score (nSPS) is 32.0. The fourth-order valence-electron chi connectivity index (χ4n) is 3.53. The second-order valence-electron chi connectivity index (χ2n) is 6.96. The Kier molecular flexibility index (Phi) is 5.50. The molecule has 2 rings (SSSR count). The summed E-state index contributed by atoms with van der Waals surface area (Å²) in [5.41, 5.74) is 0. The van der Waals surface area contributed by atoms with E-state index in [0.717, 1.165) is 17.9 Å². The van der Waals surface area contributed by atoms with E-state index in [1.165, 1.54) is 58.2 Å². The topological polar surface area (TPSA) is 15.3 Å². The zero-order chi connectivity index (χ0) is 13.0. The molecule has 106 valence electrons. The summed E-state index contributed by atoms with van der Waals surface area (Å²) in [6, 6.07) is 1.56. The van der Waals surface area contributed by atoms with Gasteiger partial charge in [-0.25, -0.2) is 0 Å². The quantitative estimate of drug-likeness (QED) is 0.826. The van der Waals surface area contributed by atoms with E-state index in [4.69, 9.17) is 0 Å². The smallest absolute Gasteiger partial charge is 0.00954 e. The van der Waals surface area contributed by atoms with Crippen LogP contribution in [0.15, 0.2) is 0 Å². The fourth-order valence-corrected chi connectivity index (χ4v) is 3.53. The van der Waals surface area contributed by atoms with Gasteiger partial charge in [0, 0.05) is 12.1 Å². The zero-order valence-corrected chi connectivity index (χ0v) is 12.6. The third-order valence-corrected chi connectivity index (χ3v) is 4.97. The molecule has 1 saturated heterocycles. The van der Waals surface area contributed by atoms with Gasteiger partial charge in [0.1, 0.15) is 0 Å². The van der Waals surface area contributed by atoms with E-state index in [-0.39, 0.29) is 0 Å². The summed E-state index contributed by atoms with van der Waals surface area (Å²) >= 11 is 0. The lowest BCUT2D eigenvalue weighted by molar-refractivity contribution is 0.0959. The second kappa shape index (κ2) is 6.91. The minimum Gasteiger partial charge on any atom is -0.314 e. The lowest BCUT2D eigenvalue weighted by Crippen LogP contribution is -2.44. The highest BCUT2D eigenvalue weighted by atomic mass is 15.2. The van der Waals surface area contributed by atoms with E-state index >= 15 is 0 Å². The number of hydrogen-bond donors (Lipinski definition) is 1. The highest BCUT2D eigenvalue weighted by Crippen LogP contribution is 2.29. The summed E-state index contributed by atoms with van der Waals surface area (Å²) in [6.45, 7) is 10.8. The molecule has 1 N–H and O–H groups in total. The average Bonchev–Trinajstić information content (AvgIpc) is 2.38. The van der Waals surface area contributed by atoms with Gasteiger partial charge in [0.2, 0.25) is 0 Å². The van der Waals surface area contributed by atoms with Crippen molar-refractivity contribution in [3.63, 3.8) is 0 Å². The highest BCUT2D eigenvalue weighted by Gasteiger charge is 2.27. The lowest BCUT2D eigenvalue weighted by atomic mass is 9.85. The van der Waals surface area contributed by atoms with Crippen molar-refractivity contribution in [1.82, 2.24) is 10.2 Å². The summed E-state index contributed by atoms with van der Waals surface area (Å²) in [4.78, 5) is 2.79. The second-order valence-corrected chi connectivity index (χ2v) is 6.96. The van der Waals surface area contributed by atoms with Crippen LogP contribution in [0, 0.1) is 11.8 Å². The van der Waals surface area contributed by atoms with Gasteiger partial charge in [0.05, 0.1) is 0 Å². The van der Waals surface area contributed by atoms with Crippen molar-refractivity contribution in [2.45, 2.75) is 71.4 Å². The number of rotatable bonds is 4. The number of nitrogens with one attached hydrogen (secondary N) is 1. The molecule has 0 aromatic carbocycles. The van der Waals surface area contributed by atoms with Crippen molar-refractivity contribution in [2.24, 2.45) is 11.8 Å². The van der Waals surface area contributed by atoms with Crippen LogP contribution in [0.1, 0.15) is 59.3 Å². The first-order valence-corrected chi connectivity index (χ1v) is 8.12. The van der Waals surface area contributed by atoms with Gasteiger partial charge in [-0.1, -0.05) is 20.8 Å². The summed E-state index contributed by atoms with van der Waals surface area (Å²) in [5.74, 6) is 1.90. The summed E-state index contributed by atoms with van der Waals surface area (Å²) < 4.78 is 0. The van der Waals surface area contributed by atoms with Gasteiger partial charge < -0.3 is 10.2 Å². The van der Waals surface area contributed by atoms with Gasteiger partial charge in [-0.05, 0) is 70.0 Å². The van der Waals surface area contributed by atoms with E-state index in [1.807, 2.05) is 0 Å². The maximum Gasteiger partial charge on any atom is 0.00954 e. The summed E-state index contributed by atoms with van der Waals surface area (Å²) in [5, 5.41) is 3.60. The van der Waals surface area contributed by atoms with E-state index in [2.05, 4.69) is 31.0 Å². The third kappa shape index (κ3) is 4.24. The predicted molar refractivity (Wildman–Crippen MR) is 78.9 cm³/mol. The Morgan fingerprint density at radius 1 is 1.00 bits per heavy atom. The molecule has 0 unspecified atom stereocenters. The van der Waals surface area contributed by atoms with Gasteiger partial charge in [0.15, 0.2) is 0 Å². The Morgan fingerprint density at radius 3 is 2.17 bits per heavy atom. The average molecular weight is 252 g/mol. The van der Waals surface area contributed by atoms with Crippen LogP contribution in [0.5, 0.6) is 0 Å². The number of piperidine rings is 1. The molecular weight excluding hydrogens is 220 g/mol. The molecular formula is C16H32N2. The van der Waals surface area contributed by atoms with Gasteiger partial charge in [-0.3, -0.25) is 0 Å². The monoisotopic (exact) mass is 252 g/mol. The number of nitrogens with zero attached hydrogens (tertiary/aromatic N) is 1. The zero-order valence-electron chi connectivity index (χ0n) is 12.6. The van der Waals surface area contributed by atoms with E-state index < -0.39 is 0 Å². The Labute approximate surface area is 114 Å². The maximum atomic E-state index is 3.60. The lowest BCUT2D eigenvalue weighted by Gasteiger charge is -2.40. The molecule has 0 bridgehead atoms. The highest BCUT2D eigenvalue weighted by molar-refractivity contribution is 4.82. The molecule has 0 amide bonds. The van der Waals surface area contributed by atoms with Crippen molar-refractivity contribution >= 4 is 0 Å². The van der Waals surface area contributed by atoms with Crippen LogP contribution in [0.4, 0.5) is 0 Å². The van der Waals surface area contributed by atoms with E-state index in [9.17, 15) is 0 Å². The minimum absolute atomic E-state index is 0.642. The third-order valence-electron chi connectivity index (χ3n) is 4.97. The van der Waals surface area contributed by atoms with E-state index in [1.54, 1.807) is 0 Å². The van der Waals surface area contributed by atoms with Gasteiger partial charge in [0.25, 0.3) is 0 Å². The molecule has 2 aliphatic rings. The molecule has 1 aliphatic carbocycles. The van der Waals surface area contributed by atoms with Crippen molar-refractivity contribution in [3.8, 4) is 0 Å². The van der Waals surface area contributed by atoms with Crippen LogP contribution in [-0.2, 0) is 0 Å². The predicted octanol–water partition coefficient (Wildman–Crippen LogP) is 3.28. The largest absolute Gasteiger partial charge is 0.314 e. The van der Waals surface area contributed by atoms with Crippen molar-refractivity contribution in [1.29, 1.82) is 0 Å². The molecule has 2 fully saturated rings. The van der Waals surface area contributed by atoms with Crippen LogP contribution in [-0.4, -0.2) is 36.6 Å². The molecule has 2 nitrogen and oxygen atoms in total. The molecule has 0 spiro atoms. The van der Waals surface area contributed by atoms with Crippen LogP contribution < -0.4 is 5.32 Å². The molecule has 18 heavy (non-hydrogen) atoms. The molecule has 2 heteroatoms. The first kappa shape index (κ1) is 14.3. The van der Waals surface area contributed by atoms with Crippen LogP contribution in [0.2, 0.25) is 0 Å². The first-order valence-electron chi connectivity index (χ1n) is 8.12. The van der Waals surface area contributed by atoms with Gasteiger partial charge in [-0.15, -0.1) is 0 Å². The SMILES string of the molecule is CC1CCC(N2CCC(CNC(C)C)CC2)CC1. The molecule has 1 aliphatic heterocycles. The van der Waals surface area contributed by atoms with Crippen molar-refractivity contribution < 1.29 is 0 Å². The minimum atomic E-state index is 0.642. The number of likely N-dealkylation sites (tertiary alicyclic amines) is 1. The molecule has 0 atom stereocenters. The number of hydrogen-bond acceptors (Lipinski definition) is 2. The van der Waals surface area contributed by atoms with Gasteiger partial charge >= 0.3 is 0 Å². The Balaban J connectivity index is 1.67. The van der Waals surface area contributed by atoms with Crippen molar-refractivity contribution in [3.05, 3.63) is 0 Å². The molecule has 0 aromatic heterocycles. The first-order chi connectivity index (χ1) is 8.65. The Bertz CT molecular complexity index is 223. The summed E-state index contributed by atoms with van der Waals surface area (Å²) in [6.07, 6.45) is 8.64. The van der Waals surface area contributed by atoms with Crippen molar-refractivity contribution in [2.75, 3.05) is 19.6 Å². The summed E-state index contributed by atoms with van der Waals surface area (Å²) in [7, 11) is 0. The van der Waals surface area contributed by atoms with Crippen LogP contribution in [0.3, 0.4) is 0 Å². The molecule has 0 radical (unpaired) electrons. The Morgan fingerprint density at radius 2 is 1.61 bits per heavy atom. The molecule has 1 heterocycles. The van der Waals surface area contributed by atoms with Crippen LogP contribution >= 0.6 is 0 Å². The standard InChI is InChI=1S/C16H32N2/c1-13(2)17-12-15-8-10-18(11-9-15)16-6-4-14(3)5-7-16/h13-17H,4-12H2,1-3H3. The fraction of sp³-hybridized carbons (Fsp3) is 1.00. The molecule has 1 saturated carbocycles. The molecule has 0 aromatic rings. The van der Waals surface area contributed by atoms with Crippen LogP contribution in [0.25, 0.3) is 0 Å². The van der Waals surface area contributed by atoms with Gasteiger partial charge in [-0.2, -0.15) is 0 Å². The van der Waals surface area contributed by atoms with E-state index in [0.29, 0.717) is 6.04 Å².